The Morgan fingerprint density at radius 2 is 2.24 bits per heavy atom. The van der Waals surface area contributed by atoms with E-state index in [0.29, 0.717) is 5.01 Å². The molecule has 0 radical (unpaired) electrons. The maximum absolute atomic E-state index is 12.6. The van der Waals surface area contributed by atoms with Crippen molar-refractivity contribution in [1.82, 2.24) is 26.2 Å². The molecule has 90 valence electrons. The number of hydrogen-bond donors (Lipinski definition) is 3. The van der Waals surface area contributed by atoms with Crippen LogP contribution in [0.15, 0.2) is 5.10 Å². The molecule has 3 N–H and O–H groups in total. The van der Waals surface area contributed by atoms with Gasteiger partial charge in [0.25, 0.3) is 5.84 Å². The summed E-state index contributed by atoms with van der Waals surface area (Å²) in [5.74, 6) is -1.58. The number of hydrogen-bond acceptors (Lipinski definition) is 7. The zero-order valence-corrected chi connectivity index (χ0v) is 8.02. The van der Waals surface area contributed by atoms with E-state index in [1.165, 1.54) is 0 Å². The van der Waals surface area contributed by atoms with E-state index in [9.17, 15) is 13.2 Å². The van der Waals surface area contributed by atoms with Gasteiger partial charge in [0.15, 0.2) is 0 Å². The molecule has 17 heavy (non-hydrogen) atoms. The zero-order chi connectivity index (χ0) is 12.5. The Morgan fingerprint density at radius 1 is 1.47 bits per heavy atom. The van der Waals surface area contributed by atoms with Crippen molar-refractivity contribution in [3.63, 3.8) is 0 Å². The SMILES string of the molecule is N#CC[NH+]1NN=C(C(F)(F)F)N1c1nn[nH]n1. The summed E-state index contributed by atoms with van der Waals surface area (Å²) in [6, 6.07) is 1.71. The van der Waals surface area contributed by atoms with Gasteiger partial charge >= 0.3 is 12.1 Å². The number of nitrogens with zero attached hydrogens (tertiary/aromatic N) is 6. The number of alkyl halides is 3. The monoisotopic (exact) mass is 248 g/mol. The molecular formula is C5H5F3N9+. The van der Waals surface area contributed by atoms with Crippen LogP contribution in [0.5, 0.6) is 0 Å². The number of halogens is 3. The number of hydrazone groups is 1. The van der Waals surface area contributed by atoms with E-state index in [2.05, 4.69) is 26.0 Å². The standard InChI is InChI=1S/C5H4F3N9/c6-5(7,8)3-10-15-16(2-1-9)17(3)4-11-13-14-12-4/h15H,2H2,(H,11,12,13,14)/p+1. The molecule has 0 spiro atoms. The predicted molar refractivity (Wildman–Crippen MR) is 44.7 cm³/mol. The average molecular weight is 248 g/mol. The molecule has 9 nitrogen and oxygen atoms in total. The summed E-state index contributed by atoms with van der Waals surface area (Å²) in [6.07, 6.45) is -4.69. The van der Waals surface area contributed by atoms with Crippen LogP contribution in [0.1, 0.15) is 0 Å². The molecule has 0 fully saturated rings. The van der Waals surface area contributed by atoms with Crippen molar-refractivity contribution in [3.05, 3.63) is 0 Å². The highest BCUT2D eigenvalue weighted by Crippen LogP contribution is 2.20. The van der Waals surface area contributed by atoms with Gasteiger partial charge in [0.1, 0.15) is 6.07 Å². The Kier molecular flexibility index (Phi) is 2.52. The third-order valence-corrected chi connectivity index (χ3v) is 1.81. The fraction of sp³-hybridized carbons (Fsp3) is 0.400. The van der Waals surface area contributed by atoms with Crippen molar-refractivity contribution >= 4 is 11.8 Å². The molecule has 0 saturated heterocycles. The van der Waals surface area contributed by atoms with Crippen LogP contribution in [0.2, 0.25) is 0 Å². The highest BCUT2D eigenvalue weighted by atomic mass is 19.4. The maximum Gasteiger partial charge on any atom is 0.457 e. The van der Waals surface area contributed by atoms with Gasteiger partial charge in [-0.25, -0.2) is 0 Å². The minimum absolute atomic E-state index is 0.0822. The Morgan fingerprint density at radius 3 is 2.76 bits per heavy atom. The zero-order valence-electron chi connectivity index (χ0n) is 8.02. The van der Waals surface area contributed by atoms with Gasteiger partial charge in [-0.3, -0.25) is 0 Å². The van der Waals surface area contributed by atoms with Crippen molar-refractivity contribution in [2.45, 2.75) is 6.18 Å². The van der Waals surface area contributed by atoms with Gasteiger partial charge in [-0.2, -0.15) is 23.6 Å². The topological polar surface area (TPSA) is 110 Å². The van der Waals surface area contributed by atoms with Gasteiger partial charge in [-0.15, -0.1) is 20.7 Å². The van der Waals surface area contributed by atoms with E-state index in [1.807, 2.05) is 5.21 Å². The molecule has 0 amide bonds. The first-order valence-corrected chi connectivity index (χ1v) is 4.21. The van der Waals surface area contributed by atoms with Crippen molar-refractivity contribution in [3.8, 4) is 6.07 Å². The summed E-state index contributed by atoms with van der Waals surface area (Å²) in [7, 11) is 0. The molecule has 1 unspecified atom stereocenters. The third kappa shape index (κ3) is 1.95. The minimum Gasteiger partial charge on any atom is -0.192 e. The lowest BCUT2D eigenvalue weighted by molar-refractivity contribution is -0.934. The smallest absolute Gasteiger partial charge is 0.192 e. The first kappa shape index (κ1) is 11.1. The van der Waals surface area contributed by atoms with Crippen LogP contribution in [-0.4, -0.2) is 39.2 Å². The Bertz CT molecular complexity index is 456. The second-order valence-electron chi connectivity index (χ2n) is 2.87. The third-order valence-electron chi connectivity index (χ3n) is 1.81. The van der Waals surface area contributed by atoms with Crippen LogP contribution in [0.4, 0.5) is 19.1 Å². The highest BCUT2D eigenvalue weighted by Gasteiger charge is 2.50. The Hall–Kier alpha value is -2.42. The number of rotatable bonds is 2. The van der Waals surface area contributed by atoms with Crippen LogP contribution >= 0.6 is 0 Å². The number of H-pyrrole nitrogens is 1. The van der Waals surface area contributed by atoms with Gasteiger partial charge in [0.05, 0.1) is 0 Å². The Labute approximate surface area is 91.4 Å². The lowest BCUT2D eigenvalue weighted by atomic mass is 10.5. The second-order valence-corrected chi connectivity index (χ2v) is 2.87. The number of nitriles is 1. The molecule has 1 aromatic rings. The first-order chi connectivity index (χ1) is 8.04. The molecule has 1 aromatic heterocycles. The number of nitrogens with one attached hydrogen (secondary N) is 3. The van der Waals surface area contributed by atoms with Crippen molar-refractivity contribution < 1.29 is 18.3 Å². The van der Waals surface area contributed by atoms with Gasteiger partial charge in [-0.1, -0.05) is 10.2 Å². The van der Waals surface area contributed by atoms with Crippen molar-refractivity contribution in [2.75, 3.05) is 11.6 Å². The molecule has 1 aliphatic heterocycles. The summed E-state index contributed by atoms with van der Waals surface area (Å²) in [6.45, 7) is -0.294. The van der Waals surface area contributed by atoms with E-state index in [0.717, 1.165) is 0 Å². The normalized spacial score (nSPS) is 19.8. The van der Waals surface area contributed by atoms with Crippen LogP contribution in [0.3, 0.4) is 0 Å². The summed E-state index contributed by atoms with van der Waals surface area (Å²) >= 11 is 0. The fourth-order valence-corrected chi connectivity index (χ4v) is 1.20. The predicted octanol–water partition coefficient (Wildman–Crippen LogP) is -2.28. The van der Waals surface area contributed by atoms with Crippen LogP contribution in [0, 0.1) is 11.3 Å². The molecule has 12 heteroatoms. The summed E-state index contributed by atoms with van der Waals surface area (Å²) in [5.41, 5.74) is 2.12. The van der Waals surface area contributed by atoms with E-state index in [1.54, 1.807) is 6.07 Å². The molecule has 2 rings (SSSR count). The molecule has 0 saturated carbocycles. The summed E-state index contributed by atoms with van der Waals surface area (Å²) in [4.78, 5) is 0. The summed E-state index contributed by atoms with van der Waals surface area (Å²) < 4.78 is 37.9. The lowest BCUT2D eigenvalue weighted by Gasteiger charge is -2.19. The minimum atomic E-state index is -4.69. The second kappa shape index (κ2) is 3.87. The first-order valence-electron chi connectivity index (χ1n) is 4.21. The van der Waals surface area contributed by atoms with E-state index in [-0.39, 0.29) is 17.6 Å². The maximum atomic E-state index is 12.6. The molecule has 1 aliphatic rings. The van der Waals surface area contributed by atoms with Gasteiger partial charge in [0.2, 0.25) is 6.54 Å². The van der Waals surface area contributed by atoms with Crippen LogP contribution in [0.25, 0.3) is 0 Å². The van der Waals surface area contributed by atoms with Gasteiger partial charge in [0, 0.05) is 0 Å². The Balaban J connectivity index is 2.33. The summed E-state index contributed by atoms with van der Waals surface area (Å²) in [5, 5.41) is 24.1. The highest BCUT2D eigenvalue weighted by molar-refractivity contribution is 5.98. The number of anilines is 1. The van der Waals surface area contributed by atoms with E-state index in [4.69, 9.17) is 5.26 Å². The van der Waals surface area contributed by atoms with Crippen LogP contribution < -0.4 is 15.7 Å². The van der Waals surface area contributed by atoms with Crippen molar-refractivity contribution in [1.29, 1.82) is 5.26 Å². The van der Waals surface area contributed by atoms with Crippen LogP contribution in [-0.2, 0) is 0 Å². The largest absolute Gasteiger partial charge is 0.457 e. The van der Waals surface area contributed by atoms with Gasteiger partial charge in [-0.05, 0) is 5.21 Å². The number of aromatic nitrogens is 4. The number of aromatic amines is 1. The number of quaternary nitrogens is 1. The van der Waals surface area contributed by atoms with Gasteiger partial charge < -0.3 is 0 Å². The lowest BCUT2D eigenvalue weighted by Crippen LogP contribution is -3.22. The fourth-order valence-electron chi connectivity index (χ4n) is 1.20. The van der Waals surface area contributed by atoms with E-state index < -0.39 is 12.0 Å². The molecular weight excluding hydrogens is 243 g/mol. The van der Waals surface area contributed by atoms with E-state index >= 15 is 0 Å². The number of amidine groups is 1. The molecule has 1 atom stereocenters. The molecule has 0 aromatic carbocycles. The molecule has 0 aliphatic carbocycles. The average Bonchev–Trinajstić information content (AvgIpc) is 2.82. The quantitative estimate of drug-likeness (QED) is 0.509. The molecule has 2 heterocycles. The van der Waals surface area contributed by atoms with Crippen molar-refractivity contribution in [2.24, 2.45) is 5.10 Å². The number of tetrazole rings is 1. The molecule has 0 bridgehead atoms.